The van der Waals surface area contributed by atoms with Crippen LogP contribution in [0.25, 0.3) is 0 Å². The van der Waals surface area contributed by atoms with E-state index in [1.54, 1.807) is 0 Å². The fourth-order valence-corrected chi connectivity index (χ4v) is 4.85. The minimum absolute atomic E-state index is 0.108. The molecule has 2 aromatic rings. The van der Waals surface area contributed by atoms with Gasteiger partial charge in [-0.3, -0.25) is 9.59 Å². The second-order valence-electron chi connectivity index (χ2n) is 7.49. The van der Waals surface area contributed by atoms with Crippen LogP contribution >= 0.6 is 11.6 Å². The van der Waals surface area contributed by atoms with Gasteiger partial charge in [-0.25, -0.2) is 14.9 Å². The molecule has 6 heteroatoms. The third-order valence-corrected chi connectivity index (χ3v) is 6.16. The molecule has 3 aliphatic heterocycles. The lowest BCUT2D eigenvalue weighted by Gasteiger charge is -2.29. The lowest BCUT2D eigenvalue weighted by atomic mass is 9.90. The summed E-state index contributed by atoms with van der Waals surface area (Å²) in [5.74, 6) is -0.610. The molecule has 138 valence electrons. The van der Waals surface area contributed by atoms with Gasteiger partial charge in [0.05, 0.1) is 17.6 Å². The number of fused-ring (bicyclic) bond motifs is 3. The maximum absolute atomic E-state index is 13.4. The van der Waals surface area contributed by atoms with Crippen molar-refractivity contribution in [2.24, 2.45) is 5.92 Å². The zero-order chi connectivity index (χ0) is 18.7. The highest BCUT2D eigenvalue weighted by atomic mass is 35.5. The number of carbonyl (C=O) groups is 2. The Morgan fingerprint density at radius 2 is 1.48 bits per heavy atom. The molecule has 27 heavy (non-hydrogen) atoms. The second kappa shape index (κ2) is 6.16. The topological polar surface area (TPSA) is 43.9 Å². The van der Waals surface area contributed by atoms with E-state index in [0.717, 1.165) is 30.6 Å². The van der Waals surface area contributed by atoms with E-state index in [2.05, 4.69) is 10.0 Å². The van der Waals surface area contributed by atoms with Crippen LogP contribution in [0.2, 0.25) is 5.02 Å². The van der Waals surface area contributed by atoms with Crippen molar-refractivity contribution >= 4 is 29.1 Å². The lowest BCUT2D eigenvalue weighted by molar-refractivity contribution is -0.126. The molecule has 0 radical (unpaired) electrons. The summed E-state index contributed by atoms with van der Waals surface area (Å²) in [4.78, 5) is 28.0. The number of aryl methyl sites for hydroxylation is 1. The first-order valence-corrected chi connectivity index (χ1v) is 9.67. The summed E-state index contributed by atoms with van der Waals surface area (Å²) in [5, 5.41) is 4.99. The number of nitrogens with zero attached hydrogens (tertiary/aromatic N) is 3. The van der Waals surface area contributed by atoms with Crippen molar-refractivity contribution in [3.8, 4) is 0 Å². The molecule has 3 fully saturated rings. The maximum Gasteiger partial charge on any atom is 0.253 e. The molecule has 3 unspecified atom stereocenters. The monoisotopic (exact) mass is 381 g/mol. The van der Waals surface area contributed by atoms with Crippen LogP contribution in [0.4, 0.5) is 5.69 Å². The summed E-state index contributed by atoms with van der Waals surface area (Å²) in [6, 6.07) is 14.7. The first-order valence-electron chi connectivity index (χ1n) is 9.29. The van der Waals surface area contributed by atoms with E-state index in [0.29, 0.717) is 10.7 Å². The Morgan fingerprint density at radius 3 is 2.15 bits per heavy atom. The highest BCUT2D eigenvalue weighted by Gasteiger charge is 2.62. The third-order valence-electron chi connectivity index (χ3n) is 5.91. The van der Waals surface area contributed by atoms with Gasteiger partial charge in [-0.1, -0.05) is 41.4 Å². The highest BCUT2D eigenvalue weighted by molar-refractivity contribution is 6.30. The molecule has 0 bridgehead atoms. The normalized spacial score (nSPS) is 28.1. The van der Waals surface area contributed by atoms with Crippen LogP contribution < -0.4 is 4.90 Å². The number of hydrogen-bond donors (Lipinski definition) is 0. The van der Waals surface area contributed by atoms with E-state index in [4.69, 9.17) is 11.6 Å². The smallest absolute Gasteiger partial charge is 0.253 e. The van der Waals surface area contributed by atoms with Gasteiger partial charge in [-0.15, -0.1) is 0 Å². The molecule has 0 aliphatic carbocycles. The van der Waals surface area contributed by atoms with E-state index in [9.17, 15) is 9.59 Å². The average Bonchev–Trinajstić information content (AvgIpc) is 3.30. The maximum atomic E-state index is 13.4. The Kier molecular flexibility index (Phi) is 3.86. The molecule has 3 atom stereocenters. The lowest BCUT2D eigenvalue weighted by Crippen LogP contribution is -2.44. The van der Waals surface area contributed by atoms with Gasteiger partial charge in [-0.2, -0.15) is 0 Å². The standard InChI is InChI=1S/C21H20ClN3O2/c1-13-3-9-16(10-4-13)25-20(26)17-18(14-5-7-15(22)8-6-14)23-11-2-12-24(23)19(17)21(25)27/h3-10,17-19H,2,11-12H2,1H3. The molecule has 2 amide bonds. The molecule has 0 aromatic heterocycles. The molecule has 3 heterocycles. The average molecular weight is 382 g/mol. The van der Waals surface area contributed by atoms with Crippen LogP contribution in [-0.4, -0.2) is 41.0 Å². The molecular weight excluding hydrogens is 362 g/mol. The van der Waals surface area contributed by atoms with Gasteiger partial charge in [0.15, 0.2) is 0 Å². The van der Waals surface area contributed by atoms with Crippen LogP contribution in [0, 0.1) is 12.8 Å². The van der Waals surface area contributed by atoms with Crippen LogP contribution in [0.5, 0.6) is 0 Å². The Morgan fingerprint density at radius 1 is 0.852 bits per heavy atom. The summed E-state index contributed by atoms with van der Waals surface area (Å²) >= 11 is 6.06. The Labute approximate surface area is 163 Å². The largest absolute Gasteiger partial charge is 0.274 e. The van der Waals surface area contributed by atoms with Gasteiger partial charge in [0.2, 0.25) is 5.91 Å². The zero-order valence-electron chi connectivity index (χ0n) is 15.0. The van der Waals surface area contributed by atoms with Crippen LogP contribution in [0.15, 0.2) is 48.5 Å². The van der Waals surface area contributed by atoms with Crippen molar-refractivity contribution in [1.82, 2.24) is 10.0 Å². The second-order valence-corrected chi connectivity index (χ2v) is 7.93. The van der Waals surface area contributed by atoms with Gasteiger partial charge in [0.1, 0.15) is 6.04 Å². The van der Waals surface area contributed by atoms with Crippen LogP contribution in [-0.2, 0) is 9.59 Å². The van der Waals surface area contributed by atoms with Gasteiger partial charge < -0.3 is 0 Å². The number of rotatable bonds is 2. The van der Waals surface area contributed by atoms with E-state index < -0.39 is 6.04 Å². The Hall–Kier alpha value is -2.21. The Balaban J connectivity index is 1.57. The van der Waals surface area contributed by atoms with Gasteiger partial charge >= 0.3 is 0 Å². The first kappa shape index (κ1) is 16.9. The number of benzene rings is 2. The number of anilines is 1. The SMILES string of the molecule is Cc1ccc(N2C(=O)C3C(C2=O)N2CCCN2C3c2ccc(Cl)cc2)cc1. The molecule has 0 N–H and O–H groups in total. The zero-order valence-corrected chi connectivity index (χ0v) is 15.8. The number of carbonyl (C=O) groups excluding carboxylic acids is 2. The van der Waals surface area contributed by atoms with E-state index in [1.165, 1.54) is 4.90 Å². The Bertz CT molecular complexity index is 912. The molecule has 2 aromatic carbocycles. The van der Waals surface area contributed by atoms with Crippen LogP contribution in [0.3, 0.4) is 0 Å². The predicted molar refractivity (Wildman–Crippen MR) is 103 cm³/mol. The van der Waals surface area contributed by atoms with E-state index in [-0.39, 0.29) is 23.8 Å². The quantitative estimate of drug-likeness (QED) is 0.749. The fourth-order valence-electron chi connectivity index (χ4n) is 4.72. The summed E-state index contributed by atoms with van der Waals surface area (Å²) in [5.41, 5.74) is 2.79. The summed E-state index contributed by atoms with van der Waals surface area (Å²) in [7, 11) is 0. The number of imide groups is 1. The first-order chi connectivity index (χ1) is 13.1. The van der Waals surface area contributed by atoms with E-state index >= 15 is 0 Å². The molecule has 5 rings (SSSR count). The van der Waals surface area contributed by atoms with E-state index in [1.807, 2.05) is 55.5 Å². The summed E-state index contributed by atoms with van der Waals surface area (Å²) < 4.78 is 0. The minimum Gasteiger partial charge on any atom is -0.274 e. The van der Waals surface area contributed by atoms with Crippen molar-refractivity contribution in [3.63, 3.8) is 0 Å². The van der Waals surface area contributed by atoms with Gasteiger partial charge in [0.25, 0.3) is 5.91 Å². The van der Waals surface area contributed by atoms with Gasteiger partial charge in [-0.05, 0) is 43.2 Å². The molecule has 0 spiro atoms. The summed E-state index contributed by atoms with van der Waals surface area (Å²) in [6.07, 6.45) is 0.999. The third kappa shape index (κ3) is 2.46. The van der Waals surface area contributed by atoms with Gasteiger partial charge in [0, 0.05) is 18.1 Å². The summed E-state index contributed by atoms with van der Waals surface area (Å²) in [6.45, 7) is 3.67. The van der Waals surface area contributed by atoms with Crippen molar-refractivity contribution < 1.29 is 9.59 Å². The molecule has 3 saturated heterocycles. The van der Waals surface area contributed by atoms with Crippen molar-refractivity contribution in [2.45, 2.75) is 25.4 Å². The van der Waals surface area contributed by atoms with Crippen molar-refractivity contribution in [3.05, 3.63) is 64.7 Å². The van der Waals surface area contributed by atoms with Crippen LogP contribution in [0.1, 0.15) is 23.6 Å². The number of hydrazine groups is 1. The van der Waals surface area contributed by atoms with Crippen molar-refractivity contribution in [2.75, 3.05) is 18.0 Å². The molecular formula is C21H20ClN3O2. The fraction of sp³-hybridized carbons (Fsp3) is 0.333. The highest BCUT2D eigenvalue weighted by Crippen LogP contribution is 2.48. The molecule has 0 saturated carbocycles. The molecule has 3 aliphatic rings. The number of hydrogen-bond acceptors (Lipinski definition) is 4. The minimum atomic E-state index is -0.415. The number of amides is 2. The number of halogens is 1. The molecule has 5 nitrogen and oxygen atoms in total. The predicted octanol–water partition coefficient (Wildman–Crippen LogP) is 3.18. The van der Waals surface area contributed by atoms with Crippen molar-refractivity contribution in [1.29, 1.82) is 0 Å².